The average Bonchev–Trinajstić information content (AvgIpc) is 2.66. The lowest BCUT2D eigenvalue weighted by molar-refractivity contribution is 0.212. The Hall–Kier alpha value is -1.27. The summed E-state index contributed by atoms with van der Waals surface area (Å²) in [6.45, 7) is 0.0359. The molecule has 0 radical (unpaired) electrons. The van der Waals surface area contributed by atoms with Crippen molar-refractivity contribution in [3.8, 4) is 12.3 Å². The normalized spacial score (nSPS) is 12.7. The van der Waals surface area contributed by atoms with Crippen LogP contribution in [0.2, 0.25) is 0 Å². The molecule has 1 atom stereocenters. The van der Waals surface area contributed by atoms with Gasteiger partial charge in [0.05, 0.1) is 12.8 Å². The first kappa shape index (κ1) is 10.8. The fourth-order valence-corrected chi connectivity index (χ4v) is 1.26. The molecular formula is C11H14FNO. The van der Waals surface area contributed by atoms with Gasteiger partial charge in [0.25, 0.3) is 0 Å². The Bertz CT molecular complexity index is 289. The van der Waals surface area contributed by atoms with E-state index in [1.54, 1.807) is 12.3 Å². The van der Waals surface area contributed by atoms with Crippen molar-refractivity contribution in [1.29, 1.82) is 0 Å². The highest BCUT2D eigenvalue weighted by molar-refractivity contribution is 5.01. The van der Waals surface area contributed by atoms with Gasteiger partial charge in [0.15, 0.2) is 0 Å². The van der Waals surface area contributed by atoms with Crippen LogP contribution in [0.4, 0.5) is 4.39 Å². The van der Waals surface area contributed by atoms with E-state index < -0.39 is 6.67 Å². The number of terminal acetylenes is 1. The van der Waals surface area contributed by atoms with Gasteiger partial charge in [-0.3, -0.25) is 4.90 Å². The maximum absolute atomic E-state index is 12.7. The number of nitrogens with zero attached hydrogens (tertiary/aromatic N) is 1. The van der Waals surface area contributed by atoms with E-state index in [-0.39, 0.29) is 6.04 Å². The van der Waals surface area contributed by atoms with E-state index in [4.69, 9.17) is 10.8 Å². The topological polar surface area (TPSA) is 16.4 Å². The fraction of sp³-hybridized carbons (Fsp3) is 0.455. The second-order valence-corrected chi connectivity index (χ2v) is 3.21. The van der Waals surface area contributed by atoms with Crippen LogP contribution in [0.15, 0.2) is 22.8 Å². The third-order valence-electron chi connectivity index (χ3n) is 2.16. The van der Waals surface area contributed by atoms with Gasteiger partial charge in [0, 0.05) is 12.5 Å². The lowest BCUT2D eigenvalue weighted by atomic mass is 10.1. The molecule has 1 aromatic heterocycles. The first-order valence-electron chi connectivity index (χ1n) is 4.50. The van der Waals surface area contributed by atoms with Crippen molar-refractivity contribution in [1.82, 2.24) is 4.90 Å². The summed E-state index contributed by atoms with van der Waals surface area (Å²) in [5.41, 5.74) is 0. The van der Waals surface area contributed by atoms with E-state index in [0.29, 0.717) is 13.0 Å². The molecule has 0 bridgehead atoms. The summed E-state index contributed by atoms with van der Waals surface area (Å²) in [6, 6.07) is 3.44. The highest BCUT2D eigenvalue weighted by Gasteiger charge is 2.15. The number of likely N-dealkylation sites (N-methyl/N-ethyl adjacent to an activating group) is 1. The third kappa shape index (κ3) is 2.90. The molecule has 1 rings (SSSR count). The molecule has 76 valence electrons. The van der Waals surface area contributed by atoms with Crippen LogP contribution >= 0.6 is 0 Å². The number of hydrogen-bond acceptors (Lipinski definition) is 2. The van der Waals surface area contributed by atoms with Gasteiger partial charge < -0.3 is 4.42 Å². The summed E-state index contributed by atoms with van der Waals surface area (Å²) >= 11 is 0. The summed E-state index contributed by atoms with van der Waals surface area (Å²) in [5.74, 6) is 3.28. The van der Waals surface area contributed by atoms with E-state index in [0.717, 1.165) is 5.76 Å². The van der Waals surface area contributed by atoms with E-state index in [1.165, 1.54) is 0 Å². The molecule has 0 spiro atoms. The molecule has 0 fully saturated rings. The van der Waals surface area contributed by atoms with E-state index in [2.05, 4.69) is 5.92 Å². The van der Waals surface area contributed by atoms with Crippen molar-refractivity contribution in [2.24, 2.45) is 0 Å². The molecule has 0 aliphatic rings. The Morgan fingerprint density at radius 3 is 3.00 bits per heavy atom. The van der Waals surface area contributed by atoms with E-state index >= 15 is 0 Å². The van der Waals surface area contributed by atoms with Gasteiger partial charge in [-0.2, -0.15) is 0 Å². The van der Waals surface area contributed by atoms with Crippen molar-refractivity contribution >= 4 is 0 Å². The molecule has 0 saturated heterocycles. The summed E-state index contributed by atoms with van der Waals surface area (Å²) < 4.78 is 17.8. The Labute approximate surface area is 83.7 Å². The van der Waals surface area contributed by atoms with Crippen LogP contribution in [0.5, 0.6) is 0 Å². The zero-order chi connectivity index (χ0) is 10.4. The van der Waals surface area contributed by atoms with E-state index in [1.807, 2.05) is 18.0 Å². The quantitative estimate of drug-likeness (QED) is 0.664. The number of furan rings is 1. The zero-order valence-corrected chi connectivity index (χ0v) is 8.24. The predicted octanol–water partition coefficient (Wildman–Crippen LogP) is 1.73. The van der Waals surface area contributed by atoms with Crippen LogP contribution < -0.4 is 0 Å². The summed E-state index contributed by atoms with van der Waals surface area (Å²) in [4.78, 5) is 1.81. The Morgan fingerprint density at radius 2 is 2.50 bits per heavy atom. The predicted molar refractivity (Wildman–Crippen MR) is 53.6 cm³/mol. The van der Waals surface area contributed by atoms with Gasteiger partial charge in [0.1, 0.15) is 12.4 Å². The Kier molecular flexibility index (Phi) is 4.21. The second-order valence-electron chi connectivity index (χ2n) is 3.21. The first-order valence-corrected chi connectivity index (χ1v) is 4.50. The maximum Gasteiger partial charge on any atom is 0.105 e. The molecule has 0 aliphatic heterocycles. The molecule has 0 amide bonds. The maximum atomic E-state index is 12.7. The highest BCUT2D eigenvalue weighted by atomic mass is 18.2. The Morgan fingerprint density at radius 1 is 1.71 bits per heavy atom. The van der Waals surface area contributed by atoms with Crippen molar-refractivity contribution in [3.05, 3.63) is 24.2 Å². The van der Waals surface area contributed by atoms with Gasteiger partial charge in [0.2, 0.25) is 0 Å². The van der Waals surface area contributed by atoms with Gasteiger partial charge in [-0.1, -0.05) is 5.92 Å². The van der Waals surface area contributed by atoms with Crippen LogP contribution in [-0.2, 0) is 6.42 Å². The molecule has 1 unspecified atom stereocenters. The molecule has 0 N–H and O–H groups in total. The van der Waals surface area contributed by atoms with Crippen LogP contribution in [0.1, 0.15) is 5.76 Å². The second kappa shape index (κ2) is 5.46. The monoisotopic (exact) mass is 194 g/mol. The largest absolute Gasteiger partial charge is 0.469 e. The first-order chi connectivity index (χ1) is 6.77. The smallest absolute Gasteiger partial charge is 0.105 e. The van der Waals surface area contributed by atoms with Gasteiger partial charge >= 0.3 is 0 Å². The average molecular weight is 194 g/mol. The van der Waals surface area contributed by atoms with Gasteiger partial charge in [-0.15, -0.1) is 6.42 Å². The molecule has 3 heteroatoms. The molecule has 0 aromatic carbocycles. The number of alkyl halides is 1. The number of rotatable bonds is 5. The minimum absolute atomic E-state index is 0.197. The van der Waals surface area contributed by atoms with Gasteiger partial charge in [-0.05, 0) is 19.2 Å². The molecule has 0 saturated carbocycles. The molecular weight excluding hydrogens is 180 g/mol. The zero-order valence-electron chi connectivity index (χ0n) is 8.24. The molecule has 1 aromatic rings. The molecule has 0 aliphatic carbocycles. The van der Waals surface area contributed by atoms with Crippen LogP contribution in [0, 0.1) is 12.3 Å². The van der Waals surface area contributed by atoms with Crippen molar-refractivity contribution in [2.75, 3.05) is 20.3 Å². The Balaban J connectivity index is 2.51. The number of hydrogen-bond donors (Lipinski definition) is 0. The number of halogens is 1. The van der Waals surface area contributed by atoms with Crippen LogP contribution in [0.3, 0.4) is 0 Å². The molecule has 1 heterocycles. The lowest BCUT2D eigenvalue weighted by Crippen LogP contribution is -2.35. The van der Waals surface area contributed by atoms with Crippen molar-refractivity contribution < 1.29 is 8.81 Å². The van der Waals surface area contributed by atoms with Crippen LogP contribution in [0.25, 0.3) is 0 Å². The van der Waals surface area contributed by atoms with Gasteiger partial charge in [-0.25, -0.2) is 4.39 Å². The molecule has 2 nitrogen and oxygen atoms in total. The summed E-state index contributed by atoms with van der Waals surface area (Å²) in [7, 11) is 1.81. The van der Waals surface area contributed by atoms with Crippen molar-refractivity contribution in [2.45, 2.75) is 12.5 Å². The lowest BCUT2D eigenvalue weighted by Gasteiger charge is -2.22. The summed E-state index contributed by atoms with van der Waals surface area (Å²) in [6.07, 6.45) is 7.30. The standard InChI is InChI=1S/C11H14FNO/c1-3-6-13(2)10(9-12)8-11-5-4-7-14-11/h1,4-5,7,10H,6,8-9H2,2H3/i12-1. The SMILES string of the molecule is C#CCN(C)C(C[18F])Cc1ccco1. The summed E-state index contributed by atoms with van der Waals surface area (Å²) in [5, 5.41) is 0. The fourth-order valence-electron chi connectivity index (χ4n) is 1.26. The van der Waals surface area contributed by atoms with E-state index in [9.17, 15) is 4.39 Å². The minimum atomic E-state index is -0.418. The third-order valence-corrected chi connectivity index (χ3v) is 2.16. The molecule has 14 heavy (non-hydrogen) atoms. The minimum Gasteiger partial charge on any atom is -0.469 e. The highest BCUT2D eigenvalue weighted by Crippen LogP contribution is 2.08. The van der Waals surface area contributed by atoms with Crippen molar-refractivity contribution in [3.63, 3.8) is 0 Å². The van der Waals surface area contributed by atoms with Crippen LogP contribution in [-0.4, -0.2) is 31.2 Å².